The van der Waals surface area contributed by atoms with Crippen LogP contribution in [0, 0.1) is 34.0 Å². The first-order valence-corrected chi connectivity index (χ1v) is 13.8. The van der Waals surface area contributed by atoms with E-state index in [4.69, 9.17) is 15.8 Å². The highest BCUT2D eigenvalue weighted by molar-refractivity contribution is 5.11. The van der Waals surface area contributed by atoms with Crippen molar-refractivity contribution in [3.05, 3.63) is 24.2 Å². The number of hydrogen-bond donors (Lipinski definition) is 1. The van der Waals surface area contributed by atoms with E-state index in [2.05, 4.69) is 60.0 Å². The predicted octanol–water partition coefficient (Wildman–Crippen LogP) is 7.00. The normalized spacial score (nSPS) is 10.9. The summed E-state index contributed by atoms with van der Waals surface area (Å²) in [6, 6.07) is 6.69. The quantitative estimate of drug-likeness (QED) is 0.149. The maximum absolute atomic E-state index is 8.77. The summed E-state index contributed by atoms with van der Waals surface area (Å²) >= 11 is 0. The molecule has 0 aliphatic carbocycles. The first-order chi connectivity index (χ1) is 17.1. The zero-order chi connectivity index (χ0) is 26.0. The Kier molecular flexibility index (Phi) is 22.9. The molecule has 0 aliphatic rings. The van der Waals surface area contributed by atoms with Crippen LogP contribution in [-0.2, 0) is 0 Å². The summed E-state index contributed by atoms with van der Waals surface area (Å²) < 4.78 is 0. The van der Waals surface area contributed by atoms with Gasteiger partial charge in [0.15, 0.2) is 0 Å². The number of nitriles is 3. The zero-order valence-corrected chi connectivity index (χ0v) is 22.7. The van der Waals surface area contributed by atoms with Crippen LogP contribution < -0.4 is 5.32 Å². The van der Waals surface area contributed by atoms with Crippen molar-refractivity contribution in [3.63, 3.8) is 0 Å². The molecule has 0 rings (SSSR count). The van der Waals surface area contributed by atoms with Crippen molar-refractivity contribution < 1.29 is 0 Å². The van der Waals surface area contributed by atoms with Crippen LogP contribution in [0.15, 0.2) is 24.2 Å². The molecule has 0 radical (unpaired) electrons. The van der Waals surface area contributed by atoms with Crippen molar-refractivity contribution >= 4 is 0 Å². The Hall–Kier alpha value is -2.49. The number of nitrogens with one attached hydrogen (secondary N) is 1. The Morgan fingerprint density at radius 1 is 0.743 bits per heavy atom. The summed E-state index contributed by atoms with van der Waals surface area (Å²) in [4.78, 5) is 4.76. The average Bonchev–Trinajstić information content (AvgIpc) is 2.86. The van der Waals surface area contributed by atoms with Gasteiger partial charge in [0.2, 0.25) is 0 Å². The lowest BCUT2D eigenvalue weighted by Gasteiger charge is -2.35. The third kappa shape index (κ3) is 18.5. The van der Waals surface area contributed by atoms with Gasteiger partial charge < -0.3 is 15.1 Å². The van der Waals surface area contributed by atoms with Gasteiger partial charge in [0.25, 0.3) is 0 Å². The van der Waals surface area contributed by atoms with E-state index in [0.717, 1.165) is 115 Å². The highest BCUT2D eigenvalue weighted by Gasteiger charge is 2.16. The lowest BCUT2D eigenvalue weighted by atomic mass is 10.1. The van der Waals surface area contributed by atoms with Crippen LogP contribution >= 0.6 is 0 Å². The van der Waals surface area contributed by atoms with Crippen LogP contribution in [0.4, 0.5) is 0 Å². The maximum Gasteiger partial charge on any atom is 0.104 e. The molecule has 0 unspecified atom stereocenters. The fourth-order valence-electron chi connectivity index (χ4n) is 4.07. The van der Waals surface area contributed by atoms with Crippen molar-refractivity contribution in [1.29, 1.82) is 15.8 Å². The summed E-state index contributed by atoms with van der Waals surface area (Å²) in [5.74, 6) is 1.24. The van der Waals surface area contributed by atoms with E-state index in [9.17, 15) is 0 Å². The SMILES string of the molecule is C=C(CNCCCCCCC#N)N(CCCCCCC#N)/C(=C/CC)N(C)CCCCCCC#N. The number of unbranched alkanes of at least 4 members (excludes halogenated alkanes) is 12. The second-order valence-corrected chi connectivity index (χ2v) is 9.25. The van der Waals surface area contributed by atoms with Gasteiger partial charge in [-0.2, -0.15) is 15.8 Å². The van der Waals surface area contributed by atoms with Crippen molar-refractivity contribution in [3.8, 4) is 18.2 Å². The number of nitrogens with zero attached hydrogens (tertiary/aromatic N) is 5. The number of hydrogen-bond acceptors (Lipinski definition) is 6. The molecule has 196 valence electrons. The summed E-state index contributed by atoms with van der Waals surface area (Å²) in [5.41, 5.74) is 1.10. The van der Waals surface area contributed by atoms with Crippen molar-refractivity contribution in [1.82, 2.24) is 15.1 Å². The van der Waals surface area contributed by atoms with E-state index in [1.54, 1.807) is 0 Å². The Labute approximate surface area is 216 Å². The van der Waals surface area contributed by atoms with E-state index in [-0.39, 0.29) is 0 Å². The first kappa shape index (κ1) is 32.5. The van der Waals surface area contributed by atoms with E-state index < -0.39 is 0 Å². The van der Waals surface area contributed by atoms with Crippen molar-refractivity contribution in [2.45, 2.75) is 110 Å². The Bertz CT molecular complexity index is 679. The summed E-state index contributed by atoms with van der Waals surface area (Å²) in [5, 5.41) is 29.7. The van der Waals surface area contributed by atoms with Crippen LogP contribution in [0.5, 0.6) is 0 Å². The van der Waals surface area contributed by atoms with Gasteiger partial charge >= 0.3 is 0 Å². The Balaban J connectivity index is 4.84. The molecular formula is C29H50N6. The average molecular weight is 483 g/mol. The number of rotatable bonds is 24. The van der Waals surface area contributed by atoms with Crippen LogP contribution in [-0.4, -0.2) is 43.0 Å². The molecule has 35 heavy (non-hydrogen) atoms. The van der Waals surface area contributed by atoms with Crippen molar-refractivity contribution in [2.75, 3.05) is 33.2 Å². The minimum absolute atomic E-state index is 0.648. The molecule has 0 saturated heterocycles. The van der Waals surface area contributed by atoms with Gasteiger partial charge in [-0.05, 0) is 57.6 Å². The van der Waals surface area contributed by atoms with Crippen molar-refractivity contribution in [2.24, 2.45) is 0 Å². The highest BCUT2D eigenvalue weighted by Crippen LogP contribution is 2.19. The van der Waals surface area contributed by atoms with E-state index in [0.29, 0.717) is 19.3 Å². The molecule has 6 heteroatoms. The molecule has 0 heterocycles. The molecule has 0 saturated carbocycles. The molecule has 1 N–H and O–H groups in total. The molecule has 0 spiro atoms. The summed E-state index contributed by atoms with van der Waals surface area (Å²) in [6.07, 6.45) is 18.4. The smallest absolute Gasteiger partial charge is 0.104 e. The van der Waals surface area contributed by atoms with Crippen LogP contribution in [0.1, 0.15) is 110 Å². The third-order valence-corrected chi connectivity index (χ3v) is 6.11. The van der Waals surface area contributed by atoms with Gasteiger partial charge in [0, 0.05) is 51.6 Å². The standard InChI is InChI=1S/C29H50N6/c1-4-20-29(34(3)25-18-12-6-9-15-22-31)35(26-19-13-7-10-16-23-32)28(2)27-33-24-17-11-5-8-14-21-30/h20,33H,2,4-19,24-27H2,1,3H3/b29-20+. The fourth-order valence-corrected chi connectivity index (χ4v) is 4.07. The largest absolute Gasteiger partial charge is 0.361 e. The molecule has 6 nitrogen and oxygen atoms in total. The maximum atomic E-state index is 8.77. The molecule has 0 aromatic heterocycles. The summed E-state index contributed by atoms with van der Waals surface area (Å²) in [7, 11) is 2.18. The van der Waals surface area contributed by atoms with Gasteiger partial charge in [0.05, 0.1) is 18.2 Å². The molecule has 0 fully saturated rings. The number of allylic oxidation sites excluding steroid dienone is 1. The second-order valence-electron chi connectivity index (χ2n) is 9.25. The Morgan fingerprint density at radius 3 is 1.74 bits per heavy atom. The van der Waals surface area contributed by atoms with Crippen LogP contribution in [0.2, 0.25) is 0 Å². The minimum atomic E-state index is 0.648. The topological polar surface area (TPSA) is 89.9 Å². The van der Waals surface area contributed by atoms with Gasteiger partial charge in [0.1, 0.15) is 5.82 Å². The lowest BCUT2D eigenvalue weighted by molar-refractivity contribution is 0.260. The fraction of sp³-hybridized carbons (Fsp3) is 0.759. The zero-order valence-electron chi connectivity index (χ0n) is 22.7. The first-order valence-electron chi connectivity index (χ1n) is 13.8. The molecule has 0 aromatic carbocycles. The van der Waals surface area contributed by atoms with E-state index in [1.165, 1.54) is 5.82 Å². The Morgan fingerprint density at radius 2 is 1.23 bits per heavy atom. The predicted molar refractivity (Wildman–Crippen MR) is 146 cm³/mol. The summed E-state index contributed by atoms with van der Waals surface area (Å²) in [6.45, 7) is 10.3. The second kappa shape index (κ2) is 24.6. The minimum Gasteiger partial charge on any atom is -0.361 e. The lowest BCUT2D eigenvalue weighted by Crippen LogP contribution is -2.37. The molecule has 0 amide bonds. The van der Waals surface area contributed by atoms with E-state index >= 15 is 0 Å². The molecule has 0 bridgehead atoms. The van der Waals surface area contributed by atoms with Crippen LogP contribution in [0.25, 0.3) is 0 Å². The van der Waals surface area contributed by atoms with Gasteiger partial charge in [-0.3, -0.25) is 0 Å². The highest BCUT2D eigenvalue weighted by atomic mass is 15.3. The van der Waals surface area contributed by atoms with Gasteiger partial charge in [-0.1, -0.05) is 52.0 Å². The van der Waals surface area contributed by atoms with Crippen LogP contribution in [0.3, 0.4) is 0 Å². The van der Waals surface area contributed by atoms with E-state index in [1.807, 2.05) is 0 Å². The molecule has 0 aromatic rings. The molecule has 0 atom stereocenters. The molecule has 0 aliphatic heterocycles. The van der Waals surface area contributed by atoms with Gasteiger partial charge in [-0.25, -0.2) is 0 Å². The third-order valence-electron chi connectivity index (χ3n) is 6.11. The van der Waals surface area contributed by atoms with Gasteiger partial charge in [-0.15, -0.1) is 0 Å². The molecular weight excluding hydrogens is 432 g/mol. The monoisotopic (exact) mass is 482 g/mol.